The molecular weight excluding hydrogens is 306 g/mol. The molecule has 2 N–H and O–H groups in total. The van der Waals surface area contributed by atoms with Crippen molar-refractivity contribution in [2.45, 2.75) is 13.3 Å². The first-order chi connectivity index (χ1) is 11.6. The Bertz CT molecular complexity index is 685. The zero-order valence-corrected chi connectivity index (χ0v) is 13.6. The van der Waals surface area contributed by atoms with Gasteiger partial charge in [-0.25, -0.2) is 0 Å². The molecule has 0 aliphatic rings. The lowest BCUT2D eigenvalue weighted by Gasteiger charge is -2.14. The summed E-state index contributed by atoms with van der Waals surface area (Å²) >= 11 is 0. The second-order valence-corrected chi connectivity index (χ2v) is 5.40. The van der Waals surface area contributed by atoms with Crippen molar-refractivity contribution in [3.63, 3.8) is 0 Å². The van der Waals surface area contributed by atoms with Gasteiger partial charge in [-0.3, -0.25) is 9.59 Å². The van der Waals surface area contributed by atoms with Crippen molar-refractivity contribution in [2.24, 2.45) is 5.92 Å². The summed E-state index contributed by atoms with van der Waals surface area (Å²) in [5.41, 5.74) is 1.38. The Morgan fingerprint density at radius 1 is 1.12 bits per heavy atom. The van der Waals surface area contributed by atoms with Gasteiger partial charge in [-0.1, -0.05) is 36.4 Å². The predicted octanol–water partition coefficient (Wildman–Crippen LogP) is 2.76. The molecule has 1 unspecified atom stereocenters. The fourth-order valence-electron chi connectivity index (χ4n) is 2.36. The summed E-state index contributed by atoms with van der Waals surface area (Å²) < 4.78 is 5.37. The lowest BCUT2D eigenvalue weighted by Crippen LogP contribution is -2.34. The van der Waals surface area contributed by atoms with Gasteiger partial charge in [0, 0.05) is 12.1 Å². The Balaban J connectivity index is 1.97. The van der Waals surface area contributed by atoms with E-state index >= 15 is 0 Å². The van der Waals surface area contributed by atoms with E-state index in [1.165, 1.54) is 0 Å². The number of nitrogens with one attached hydrogen (secondary N) is 1. The number of carbonyl (C=O) groups is 2. The maximum atomic E-state index is 12.2. The van der Waals surface area contributed by atoms with Crippen LogP contribution in [0.5, 0.6) is 5.75 Å². The molecule has 0 spiro atoms. The number of carbonyl (C=O) groups excluding carboxylic acids is 1. The molecule has 0 bridgehead atoms. The van der Waals surface area contributed by atoms with Gasteiger partial charge in [0.05, 0.1) is 12.5 Å². The number of carboxylic acid groups (broad SMARTS) is 1. The smallest absolute Gasteiger partial charge is 0.308 e. The maximum Gasteiger partial charge on any atom is 0.308 e. The Kier molecular flexibility index (Phi) is 6.37. The Morgan fingerprint density at radius 3 is 2.54 bits per heavy atom. The second kappa shape index (κ2) is 8.72. The van der Waals surface area contributed by atoms with Crippen LogP contribution in [0.3, 0.4) is 0 Å². The third kappa shape index (κ3) is 5.12. The highest BCUT2D eigenvalue weighted by Gasteiger charge is 2.19. The third-order valence-electron chi connectivity index (χ3n) is 3.59. The van der Waals surface area contributed by atoms with Gasteiger partial charge in [-0.2, -0.15) is 0 Å². The second-order valence-electron chi connectivity index (χ2n) is 5.40. The Morgan fingerprint density at radius 2 is 1.88 bits per heavy atom. The summed E-state index contributed by atoms with van der Waals surface area (Å²) in [7, 11) is 0. The molecule has 2 aromatic carbocycles. The molecule has 0 saturated carbocycles. The number of amides is 1. The standard InChI is InChI=1S/C19H21NO4/c1-2-24-17-10-6-9-15(12-17)18(21)20-13-16(19(22)23)11-14-7-4-3-5-8-14/h3-10,12,16H,2,11,13H2,1H3,(H,20,21)(H,22,23). The normalized spacial score (nSPS) is 11.5. The van der Waals surface area contributed by atoms with Crippen molar-refractivity contribution in [1.29, 1.82) is 0 Å². The molecule has 1 amide bonds. The number of ether oxygens (including phenoxy) is 1. The molecule has 126 valence electrons. The van der Waals surface area contributed by atoms with Crippen LogP contribution in [-0.4, -0.2) is 30.1 Å². The number of hydrogen-bond acceptors (Lipinski definition) is 3. The van der Waals surface area contributed by atoms with E-state index in [2.05, 4.69) is 5.32 Å². The van der Waals surface area contributed by atoms with E-state index in [0.29, 0.717) is 24.3 Å². The SMILES string of the molecule is CCOc1cccc(C(=O)NCC(Cc2ccccc2)C(=O)O)c1. The molecule has 0 aliphatic heterocycles. The van der Waals surface area contributed by atoms with E-state index in [4.69, 9.17) is 4.74 Å². The molecule has 2 aromatic rings. The molecule has 0 radical (unpaired) electrons. The number of aliphatic carboxylic acids is 1. The highest BCUT2D eigenvalue weighted by molar-refractivity contribution is 5.94. The van der Waals surface area contributed by atoms with E-state index in [0.717, 1.165) is 5.56 Å². The summed E-state index contributed by atoms with van der Waals surface area (Å²) in [6, 6.07) is 16.2. The summed E-state index contributed by atoms with van der Waals surface area (Å²) in [4.78, 5) is 23.6. The van der Waals surface area contributed by atoms with Crippen LogP contribution in [0, 0.1) is 5.92 Å². The van der Waals surface area contributed by atoms with Crippen LogP contribution in [-0.2, 0) is 11.2 Å². The maximum absolute atomic E-state index is 12.2. The van der Waals surface area contributed by atoms with Gasteiger partial charge in [0.1, 0.15) is 5.75 Å². The summed E-state index contributed by atoms with van der Waals surface area (Å²) in [6.07, 6.45) is 0.370. The molecule has 0 aliphatic carbocycles. The fourth-order valence-corrected chi connectivity index (χ4v) is 2.36. The first kappa shape index (κ1) is 17.5. The third-order valence-corrected chi connectivity index (χ3v) is 3.59. The molecule has 2 rings (SSSR count). The number of rotatable bonds is 8. The van der Waals surface area contributed by atoms with Crippen LogP contribution in [0.15, 0.2) is 54.6 Å². The van der Waals surface area contributed by atoms with Crippen molar-refractivity contribution in [1.82, 2.24) is 5.32 Å². The molecule has 5 nitrogen and oxygen atoms in total. The molecule has 24 heavy (non-hydrogen) atoms. The van der Waals surface area contributed by atoms with E-state index in [1.807, 2.05) is 37.3 Å². The number of carboxylic acids is 1. The Hall–Kier alpha value is -2.82. The minimum atomic E-state index is -0.928. The minimum absolute atomic E-state index is 0.0714. The van der Waals surface area contributed by atoms with Crippen LogP contribution in [0.1, 0.15) is 22.8 Å². The van der Waals surface area contributed by atoms with Crippen molar-refractivity contribution < 1.29 is 19.4 Å². The van der Waals surface area contributed by atoms with Crippen molar-refractivity contribution in [3.8, 4) is 5.75 Å². The van der Waals surface area contributed by atoms with Crippen molar-refractivity contribution in [2.75, 3.05) is 13.2 Å². The highest BCUT2D eigenvalue weighted by atomic mass is 16.5. The van der Waals surface area contributed by atoms with Crippen LogP contribution in [0.2, 0.25) is 0 Å². The molecule has 0 fully saturated rings. The molecule has 0 saturated heterocycles. The van der Waals surface area contributed by atoms with Gasteiger partial charge in [0.2, 0.25) is 0 Å². The quantitative estimate of drug-likeness (QED) is 0.782. The topological polar surface area (TPSA) is 75.6 Å². The minimum Gasteiger partial charge on any atom is -0.494 e. The van der Waals surface area contributed by atoms with E-state index in [-0.39, 0.29) is 12.5 Å². The fraction of sp³-hybridized carbons (Fsp3) is 0.263. The zero-order valence-electron chi connectivity index (χ0n) is 13.6. The number of benzene rings is 2. The van der Waals surface area contributed by atoms with Crippen LogP contribution < -0.4 is 10.1 Å². The van der Waals surface area contributed by atoms with Crippen molar-refractivity contribution >= 4 is 11.9 Å². The van der Waals surface area contributed by atoms with Gasteiger partial charge < -0.3 is 15.2 Å². The van der Waals surface area contributed by atoms with Gasteiger partial charge in [0.15, 0.2) is 0 Å². The van der Waals surface area contributed by atoms with Gasteiger partial charge in [-0.05, 0) is 37.1 Å². The average molecular weight is 327 g/mol. The molecule has 1 atom stereocenters. The summed E-state index contributed by atoms with van der Waals surface area (Å²) in [5.74, 6) is -1.30. The largest absolute Gasteiger partial charge is 0.494 e. The highest BCUT2D eigenvalue weighted by Crippen LogP contribution is 2.14. The lowest BCUT2D eigenvalue weighted by molar-refractivity contribution is -0.141. The number of hydrogen-bond donors (Lipinski definition) is 2. The van der Waals surface area contributed by atoms with Crippen LogP contribution in [0.25, 0.3) is 0 Å². The summed E-state index contributed by atoms with van der Waals surface area (Å²) in [5, 5.41) is 12.1. The van der Waals surface area contributed by atoms with E-state index in [1.54, 1.807) is 24.3 Å². The zero-order chi connectivity index (χ0) is 17.4. The molecule has 0 aromatic heterocycles. The molecular formula is C19H21NO4. The van der Waals surface area contributed by atoms with Crippen LogP contribution in [0.4, 0.5) is 0 Å². The predicted molar refractivity (Wildman–Crippen MR) is 91.2 cm³/mol. The monoisotopic (exact) mass is 327 g/mol. The lowest BCUT2D eigenvalue weighted by atomic mass is 9.99. The van der Waals surface area contributed by atoms with Gasteiger partial charge >= 0.3 is 5.97 Å². The average Bonchev–Trinajstić information content (AvgIpc) is 2.59. The molecule has 0 heterocycles. The van der Waals surface area contributed by atoms with E-state index < -0.39 is 11.9 Å². The van der Waals surface area contributed by atoms with E-state index in [9.17, 15) is 14.7 Å². The van der Waals surface area contributed by atoms with Gasteiger partial charge in [-0.15, -0.1) is 0 Å². The van der Waals surface area contributed by atoms with Crippen molar-refractivity contribution in [3.05, 3.63) is 65.7 Å². The van der Waals surface area contributed by atoms with Gasteiger partial charge in [0.25, 0.3) is 5.91 Å². The van der Waals surface area contributed by atoms with Crippen LogP contribution >= 0.6 is 0 Å². The molecule has 5 heteroatoms. The first-order valence-electron chi connectivity index (χ1n) is 7.88. The first-order valence-corrected chi connectivity index (χ1v) is 7.88. The summed E-state index contributed by atoms with van der Waals surface area (Å²) in [6.45, 7) is 2.46. The Labute approximate surface area is 141 Å².